The molecule has 2 heterocycles. The first kappa shape index (κ1) is 22.1. The molecule has 0 radical (unpaired) electrons. The van der Waals surface area contributed by atoms with Gasteiger partial charge in [-0.05, 0) is 59.3 Å². The van der Waals surface area contributed by atoms with Gasteiger partial charge in [0.2, 0.25) is 11.1 Å². The van der Waals surface area contributed by atoms with E-state index in [9.17, 15) is 9.59 Å². The summed E-state index contributed by atoms with van der Waals surface area (Å²) in [5.74, 6) is -0.224. The summed E-state index contributed by atoms with van der Waals surface area (Å²) in [6.07, 6.45) is 3.10. The van der Waals surface area contributed by atoms with Gasteiger partial charge in [-0.3, -0.25) is 9.59 Å². The highest BCUT2D eigenvalue weighted by Gasteiger charge is 2.13. The van der Waals surface area contributed by atoms with Crippen LogP contribution < -0.4 is 10.6 Å². The normalized spacial score (nSPS) is 11.7. The summed E-state index contributed by atoms with van der Waals surface area (Å²) in [5, 5.41) is 21.5. The summed E-state index contributed by atoms with van der Waals surface area (Å²) >= 11 is 1.24. The fourth-order valence-corrected chi connectivity index (χ4v) is 3.65. The molecule has 0 saturated heterocycles. The standard InChI is InChI=1S/C21H21N9O2S/c1-14(15-5-9-18(10-6-15)30-13-22-12-23-30)24-20(32)16-3-7-17(8-4-16)25-19(31)11-33-21-26-27-28-29(21)2/h3-10,12-14H,11H2,1-2H3,(H,24,32)(H,25,31)/t14-/m1/s1. The van der Waals surface area contributed by atoms with E-state index in [2.05, 4.69) is 36.2 Å². The van der Waals surface area contributed by atoms with Crippen molar-refractivity contribution in [3.8, 4) is 5.69 Å². The van der Waals surface area contributed by atoms with Crippen molar-refractivity contribution in [2.45, 2.75) is 18.1 Å². The Bertz CT molecular complexity index is 1220. The molecule has 2 aromatic carbocycles. The molecule has 1 atom stereocenters. The molecule has 0 bridgehead atoms. The maximum absolute atomic E-state index is 12.6. The van der Waals surface area contributed by atoms with E-state index in [1.54, 1.807) is 42.3 Å². The fourth-order valence-electron chi connectivity index (χ4n) is 3.00. The second kappa shape index (κ2) is 10.0. The first-order valence-electron chi connectivity index (χ1n) is 10.0. The number of carbonyl (C=O) groups is 2. The molecule has 168 valence electrons. The van der Waals surface area contributed by atoms with Crippen LogP contribution in [0.2, 0.25) is 0 Å². The zero-order valence-electron chi connectivity index (χ0n) is 17.9. The van der Waals surface area contributed by atoms with Gasteiger partial charge in [-0.15, -0.1) is 5.10 Å². The zero-order chi connectivity index (χ0) is 23.2. The molecule has 4 aromatic rings. The first-order chi connectivity index (χ1) is 16.0. The van der Waals surface area contributed by atoms with E-state index in [4.69, 9.17) is 0 Å². The minimum atomic E-state index is -0.203. The van der Waals surface area contributed by atoms with Crippen molar-refractivity contribution < 1.29 is 9.59 Å². The van der Waals surface area contributed by atoms with Crippen molar-refractivity contribution in [1.29, 1.82) is 0 Å². The van der Waals surface area contributed by atoms with Crippen LogP contribution in [0.4, 0.5) is 5.69 Å². The number of aryl methyl sites for hydroxylation is 1. The fraction of sp³-hybridized carbons (Fsp3) is 0.190. The van der Waals surface area contributed by atoms with Gasteiger partial charge < -0.3 is 10.6 Å². The van der Waals surface area contributed by atoms with E-state index >= 15 is 0 Å². The predicted octanol–water partition coefficient (Wildman–Crippen LogP) is 2.01. The van der Waals surface area contributed by atoms with Gasteiger partial charge in [-0.25, -0.2) is 14.3 Å². The van der Waals surface area contributed by atoms with Crippen molar-refractivity contribution in [2.75, 3.05) is 11.1 Å². The minimum absolute atomic E-state index is 0.170. The van der Waals surface area contributed by atoms with Crippen LogP contribution in [-0.4, -0.2) is 52.5 Å². The Hall–Kier alpha value is -4.06. The van der Waals surface area contributed by atoms with Gasteiger partial charge in [0, 0.05) is 18.3 Å². The van der Waals surface area contributed by atoms with Gasteiger partial charge in [-0.2, -0.15) is 5.10 Å². The molecule has 0 aliphatic heterocycles. The van der Waals surface area contributed by atoms with Crippen LogP contribution in [-0.2, 0) is 11.8 Å². The maximum atomic E-state index is 12.6. The Morgan fingerprint density at radius 1 is 1.09 bits per heavy atom. The number of amides is 2. The van der Waals surface area contributed by atoms with Crippen molar-refractivity contribution in [3.05, 3.63) is 72.3 Å². The summed E-state index contributed by atoms with van der Waals surface area (Å²) in [6, 6.07) is 14.3. The summed E-state index contributed by atoms with van der Waals surface area (Å²) in [7, 11) is 1.71. The number of carbonyl (C=O) groups excluding carboxylic acids is 2. The second-order valence-corrected chi connectivity index (χ2v) is 8.07. The Morgan fingerprint density at radius 3 is 2.48 bits per heavy atom. The van der Waals surface area contributed by atoms with Crippen LogP contribution in [0.1, 0.15) is 28.9 Å². The Kier molecular flexibility index (Phi) is 6.74. The van der Waals surface area contributed by atoms with Gasteiger partial charge >= 0.3 is 0 Å². The van der Waals surface area contributed by atoms with E-state index in [1.807, 2.05) is 31.2 Å². The van der Waals surface area contributed by atoms with Gasteiger partial charge in [0.15, 0.2) is 0 Å². The number of tetrazole rings is 1. The van der Waals surface area contributed by atoms with E-state index in [0.29, 0.717) is 16.4 Å². The van der Waals surface area contributed by atoms with Crippen molar-refractivity contribution in [3.63, 3.8) is 0 Å². The van der Waals surface area contributed by atoms with E-state index < -0.39 is 0 Å². The lowest BCUT2D eigenvalue weighted by Crippen LogP contribution is -2.26. The number of rotatable bonds is 8. The third kappa shape index (κ3) is 5.60. The maximum Gasteiger partial charge on any atom is 0.251 e. The number of aromatic nitrogens is 7. The van der Waals surface area contributed by atoms with E-state index in [0.717, 1.165) is 11.3 Å². The second-order valence-electron chi connectivity index (χ2n) is 7.13. The average molecular weight is 464 g/mol. The van der Waals surface area contributed by atoms with Crippen molar-refractivity contribution in [2.24, 2.45) is 7.05 Å². The number of nitrogens with zero attached hydrogens (tertiary/aromatic N) is 7. The van der Waals surface area contributed by atoms with Crippen molar-refractivity contribution >= 4 is 29.3 Å². The molecule has 12 heteroatoms. The Morgan fingerprint density at radius 2 is 1.85 bits per heavy atom. The molecule has 0 unspecified atom stereocenters. The highest BCUT2D eigenvalue weighted by molar-refractivity contribution is 7.99. The molecule has 0 aliphatic carbocycles. The number of nitrogens with one attached hydrogen (secondary N) is 2. The molecule has 2 amide bonds. The van der Waals surface area contributed by atoms with Crippen LogP contribution in [0.3, 0.4) is 0 Å². The molecule has 33 heavy (non-hydrogen) atoms. The largest absolute Gasteiger partial charge is 0.346 e. The van der Waals surface area contributed by atoms with Gasteiger partial charge in [0.1, 0.15) is 12.7 Å². The molecule has 2 N–H and O–H groups in total. The highest BCUT2D eigenvalue weighted by Crippen LogP contribution is 2.17. The SMILES string of the molecule is C[C@@H](NC(=O)c1ccc(NC(=O)CSc2nnnn2C)cc1)c1ccc(-n2cncn2)cc1. The zero-order valence-corrected chi connectivity index (χ0v) is 18.7. The molecular weight excluding hydrogens is 442 g/mol. The molecule has 0 fully saturated rings. The lowest BCUT2D eigenvalue weighted by molar-refractivity contribution is -0.113. The number of anilines is 1. The van der Waals surface area contributed by atoms with Crippen LogP contribution in [0.15, 0.2) is 66.3 Å². The molecule has 0 spiro atoms. The van der Waals surface area contributed by atoms with Crippen molar-refractivity contribution in [1.82, 2.24) is 40.3 Å². The molecule has 4 rings (SSSR count). The van der Waals surface area contributed by atoms with Crippen LogP contribution in [0.25, 0.3) is 5.69 Å². The van der Waals surface area contributed by atoms with E-state index in [-0.39, 0.29) is 23.6 Å². The van der Waals surface area contributed by atoms with Gasteiger partial charge in [-0.1, -0.05) is 23.9 Å². The molecule has 0 saturated carbocycles. The molecule has 2 aromatic heterocycles. The number of hydrogen-bond donors (Lipinski definition) is 2. The lowest BCUT2D eigenvalue weighted by atomic mass is 10.1. The average Bonchev–Trinajstić information content (AvgIpc) is 3.50. The summed E-state index contributed by atoms with van der Waals surface area (Å²) < 4.78 is 3.16. The third-order valence-electron chi connectivity index (χ3n) is 4.77. The quantitative estimate of drug-likeness (QED) is 0.379. The number of thioether (sulfide) groups is 1. The monoisotopic (exact) mass is 463 g/mol. The summed E-state index contributed by atoms with van der Waals surface area (Å²) in [5.41, 5.74) is 2.95. The Labute approximate surface area is 193 Å². The van der Waals surface area contributed by atoms with Crippen LogP contribution in [0, 0.1) is 0 Å². The molecule has 0 aliphatic rings. The summed E-state index contributed by atoms with van der Waals surface area (Å²) in [4.78, 5) is 28.7. The number of hydrogen-bond acceptors (Lipinski definition) is 8. The smallest absolute Gasteiger partial charge is 0.251 e. The van der Waals surface area contributed by atoms with Gasteiger partial charge in [0.05, 0.1) is 17.5 Å². The molecule has 11 nitrogen and oxygen atoms in total. The lowest BCUT2D eigenvalue weighted by Gasteiger charge is -2.15. The number of benzene rings is 2. The van der Waals surface area contributed by atoms with E-state index in [1.165, 1.54) is 22.8 Å². The highest BCUT2D eigenvalue weighted by atomic mass is 32.2. The third-order valence-corrected chi connectivity index (χ3v) is 5.78. The molecular formula is C21H21N9O2S. The topological polar surface area (TPSA) is 133 Å². The predicted molar refractivity (Wildman–Crippen MR) is 122 cm³/mol. The first-order valence-corrected chi connectivity index (χ1v) is 11.0. The summed E-state index contributed by atoms with van der Waals surface area (Å²) in [6.45, 7) is 1.92. The van der Waals surface area contributed by atoms with Crippen LogP contribution >= 0.6 is 11.8 Å². The van der Waals surface area contributed by atoms with Crippen LogP contribution in [0.5, 0.6) is 0 Å². The minimum Gasteiger partial charge on any atom is -0.346 e. The Balaban J connectivity index is 1.29. The van der Waals surface area contributed by atoms with Gasteiger partial charge in [0.25, 0.3) is 5.91 Å².